The fourth-order valence-corrected chi connectivity index (χ4v) is 5.44. The molecule has 5 rings (SSSR count). The zero-order valence-corrected chi connectivity index (χ0v) is 18.0. The summed E-state index contributed by atoms with van der Waals surface area (Å²) in [5.74, 6) is 1.72. The van der Waals surface area contributed by atoms with Gasteiger partial charge in [-0.25, -0.2) is 0 Å². The Labute approximate surface area is 172 Å². The Balaban J connectivity index is 1.64. The van der Waals surface area contributed by atoms with Gasteiger partial charge in [-0.15, -0.1) is 0 Å². The summed E-state index contributed by atoms with van der Waals surface area (Å²) in [6.07, 6.45) is 4.89. The topological polar surface area (TPSA) is 42.6 Å². The molecule has 0 spiro atoms. The van der Waals surface area contributed by atoms with Crippen LogP contribution in [0.1, 0.15) is 81.0 Å². The fraction of sp³-hybridized carbons (Fsp3) is 0.385. The van der Waals surface area contributed by atoms with E-state index in [2.05, 4.69) is 53.7 Å². The van der Waals surface area contributed by atoms with Gasteiger partial charge in [0, 0.05) is 39.1 Å². The molecule has 2 heterocycles. The van der Waals surface area contributed by atoms with Crippen LogP contribution in [0, 0.1) is 5.41 Å². The van der Waals surface area contributed by atoms with Gasteiger partial charge in [-0.2, -0.15) is 0 Å². The first-order chi connectivity index (χ1) is 13.6. The number of hydrogen-bond donors (Lipinski definition) is 0. The standard InChI is InChI=1S/C26H27NO2/c1-15-13-26(6)23(27-14-15)22-20(25(26,4)5)12-16(29-22)11-19-21(28)17-9-7-8-10-18(17)24(19,2)3/h7-12,14H,13H2,1-6H3/b19-11+. The number of Topliss-reactive ketones (excluding diaryl/α,β-unsaturated/α-hetero) is 1. The second kappa shape index (κ2) is 5.47. The molecule has 0 bridgehead atoms. The van der Waals surface area contributed by atoms with E-state index < -0.39 is 0 Å². The second-order valence-corrected chi connectivity index (χ2v) is 10.0. The van der Waals surface area contributed by atoms with Crippen molar-refractivity contribution in [3.63, 3.8) is 0 Å². The minimum absolute atomic E-state index is 0.0651. The molecule has 0 radical (unpaired) electrons. The molecular weight excluding hydrogens is 358 g/mol. The number of aliphatic imine (C=N–C) groups is 1. The SMILES string of the molecule is CC1=CN=C2c3oc(/C=C4\C(=O)c5ccccc5C4(C)C)cc3C(C)(C)C2(C)C1. The number of hydrogen-bond acceptors (Lipinski definition) is 3. The van der Waals surface area contributed by atoms with Crippen molar-refractivity contribution in [1.82, 2.24) is 0 Å². The number of furan rings is 1. The van der Waals surface area contributed by atoms with E-state index in [4.69, 9.17) is 9.41 Å². The van der Waals surface area contributed by atoms with Gasteiger partial charge in [0.25, 0.3) is 0 Å². The van der Waals surface area contributed by atoms with Crippen molar-refractivity contribution in [3.05, 3.63) is 75.9 Å². The summed E-state index contributed by atoms with van der Waals surface area (Å²) in [6, 6.07) is 10.0. The molecule has 1 unspecified atom stereocenters. The minimum atomic E-state index is -0.336. The van der Waals surface area contributed by atoms with E-state index in [0.29, 0.717) is 0 Å². The van der Waals surface area contributed by atoms with Gasteiger partial charge in [0.1, 0.15) is 5.76 Å². The van der Waals surface area contributed by atoms with Gasteiger partial charge in [0.05, 0.1) is 5.71 Å². The van der Waals surface area contributed by atoms with Crippen molar-refractivity contribution in [2.45, 2.75) is 58.8 Å². The molecule has 3 aliphatic rings. The lowest BCUT2D eigenvalue weighted by Crippen LogP contribution is -2.40. The summed E-state index contributed by atoms with van der Waals surface area (Å²) < 4.78 is 6.35. The van der Waals surface area contributed by atoms with E-state index in [1.165, 1.54) is 11.1 Å². The molecule has 29 heavy (non-hydrogen) atoms. The Morgan fingerprint density at radius 3 is 2.52 bits per heavy atom. The molecule has 1 aromatic heterocycles. The van der Waals surface area contributed by atoms with Gasteiger partial charge in [0.2, 0.25) is 0 Å². The van der Waals surface area contributed by atoms with Crippen molar-refractivity contribution in [2.24, 2.45) is 10.4 Å². The first kappa shape index (κ1) is 18.4. The lowest BCUT2D eigenvalue weighted by Gasteiger charge is -2.40. The summed E-state index contributed by atoms with van der Waals surface area (Å²) >= 11 is 0. The van der Waals surface area contributed by atoms with Crippen LogP contribution in [0.5, 0.6) is 0 Å². The summed E-state index contributed by atoms with van der Waals surface area (Å²) in [6.45, 7) is 13.2. The number of allylic oxidation sites excluding steroid dienone is 2. The third kappa shape index (κ3) is 2.19. The molecule has 2 aromatic rings. The van der Waals surface area contributed by atoms with E-state index >= 15 is 0 Å². The number of fused-ring (bicyclic) bond motifs is 4. The van der Waals surface area contributed by atoms with Crippen LogP contribution in [0.25, 0.3) is 6.08 Å². The number of carbonyl (C=O) groups is 1. The molecule has 1 atom stereocenters. The Morgan fingerprint density at radius 1 is 1.07 bits per heavy atom. The maximum atomic E-state index is 13.1. The first-order valence-corrected chi connectivity index (χ1v) is 10.3. The summed E-state index contributed by atoms with van der Waals surface area (Å²) in [5.41, 5.74) is 5.70. The number of nitrogens with zero attached hydrogens (tertiary/aromatic N) is 1. The molecule has 1 aromatic carbocycles. The highest BCUT2D eigenvalue weighted by molar-refractivity contribution is 6.17. The molecule has 148 valence electrons. The van der Waals surface area contributed by atoms with Crippen LogP contribution in [0.15, 0.2) is 57.1 Å². The molecule has 2 aliphatic carbocycles. The Bertz CT molecular complexity index is 1170. The van der Waals surface area contributed by atoms with Crippen molar-refractivity contribution in [3.8, 4) is 0 Å². The summed E-state index contributed by atoms with van der Waals surface area (Å²) in [4.78, 5) is 17.9. The second-order valence-electron chi connectivity index (χ2n) is 10.0. The highest BCUT2D eigenvalue weighted by Crippen LogP contribution is 2.57. The Morgan fingerprint density at radius 2 is 1.79 bits per heavy atom. The van der Waals surface area contributed by atoms with E-state index in [9.17, 15) is 4.79 Å². The molecule has 0 amide bonds. The minimum Gasteiger partial charge on any atom is -0.455 e. The molecule has 0 saturated heterocycles. The summed E-state index contributed by atoms with van der Waals surface area (Å²) in [5, 5.41) is 0. The molecule has 0 fully saturated rings. The van der Waals surface area contributed by atoms with Crippen molar-refractivity contribution >= 4 is 17.6 Å². The molecule has 0 saturated carbocycles. The molecule has 1 aliphatic heterocycles. The normalized spacial score (nSPS) is 27.4. The van der Waals surface area contributed by atoms with Gasteiger partial charge in [-0.1, -0.05) is 64.5 Å². The third-order valence-corrected chi connectivity index (χ3v) is 7.64. The van der Waals surface area contributed by atoms with Crippen LogP contribution < -0.4 is 0 Å². The predicted molar refractivity (Wildman–Crippen MR) is 117 cm³/mol. The van der Waals surface area contributed by atoms with Gasteiger partial charge < -0.3 is 4.42 Å². The maximum Gasteiger partial charge on any atom is 0.190 e. The van der Waals surface area contributed by atoms with E-state index in [-0.39, 0.29) is 22.0 Å². The van der Waals surface area contributed by atoms with Crippen LogP contribution in [0.3, 0.4) is 0 Å². The van der Waals surface area contributed by atoms with E-state index in [0.717, 1.165) is 40.4 Å². The number of carbonyl (C=O) groups excluding carboxylic acids is 1. The average molecular weight is 386 g/mol. The van der Waals surface area contributed by atoms with Crippen LogP contribution in [-0.4, -0.2) is 11.5 Å². The van der Waals surface area contributed by atoms with Gasteiger partial charge >= 0.3 is 0 Å². The molecular formula is C26H27NO2. The predicted octanol–water partition coefficient (Wildman–Crippen LogP) is 6.23. The average Bonchev–Trinajstić information content (AvgIpc) is 3.21. The van der Waals surface area contributed by atoms with Crippen LogP contribution in [0.4, 0.5) is 0 Å². The van der Waals surface area contributed by atoms with Crippen molar-refractivity contribution in [1.29, 1.82) is 0 Å². The summed E-state index contributed by atoms with van der Waals surface area (Å²) in [7, 11) is 0. The number of benzene rings is 1. The third-order valence-electron chi connectivity index (χ3n) is 7.64. The molecule has 0 N–H and O–H groups in total. The van der Waals surface area contributed by atoms with Crippen LogP contribution in [-0.2, 0) is 10.8 Å². The first-order valence-electron chi connectivity index (χ1n) is 10.3. The van der Waals surface area contributed by atoms with Crippen molar-refractivity contribution in [2.75, 3.05) is 0 Å². The van der Waals surface area contributed by atoms with E-state index in [1.807, 2.05) is 30.5 Å². The lowest BCUT2D eigenvalue weighted by atomic mass is 9.63. The molecule has 3 heteroatoms. The number of rotatable bonds is 1. The van der Waals surface area contributed by atoms with E-state index in [1.54, 1.807) is 0 Å². The lowest BCUT2D eigenvalue weighted by molar-refractivity contribution is 0.103. The zero-order valence-electron chi connectivity index (χ0n) is 18.0. The Hall–Kier alpha value is -2.68. The monoisotopic (exact) mass is 385 g/mol. The zero-order chi connectivity index (χ0) is 20.8. The van der Waals surface area contributed by atoms with Crippen molar-refractivity contribution < 1.29 is 9.21 Å². The Kier molecular flexibility index (Phi) is 3.46. The number of ketones is 1. The highest BCUT2D eigenvalue weighted by atomic mass is 16.3. The van der Waals surface area contributed by atoms with Crippen LogP contribution >= 0.6 is 0 Å². The van der Waals surface area contributed by atoms with Gasteiger partial charge in [-0.3, -0.25) is 9.79 Å². The fourth-order valence-electron chi connectivity index (χ4n) is 5.44. The van der Waals surface area contributed by atoms with Gasteiger partial charge in [-0.05, 0) is 31.1 Å². The molecule has 3 nitrogen and oxygen atoms in total. The highest BCUT2D eigenvalue weighted by Gasteiger charge is 2.56. The quantitative estimate of drug-likeness (QED) is 0.546. The van der Waals surface area contributed by atoms with Gasteiger partial charge in [0.15, 0.2) is 11.5 Å². The van der Waals surface area contributed by atoms with Crippen LogP contribution in [0.2, 0.25) is 0 Å². The largest absolute Gasteiger partial charge is 0.455 e. The maximum absolute atomic E-state index is 13.1. The smallest absolute Gasteiger partial charge is 0.190 e.